The summed E-state index contributed by atoms with van der Waals surface area (Å²) in [5.74, 6) is 0.560. The molecule has 0 aliphatic rings. The lowest BCUT2D eigenvalue weighted by Gasteiger charge is -2.13. The van der Waals surface area contributed by atoms with Crippen molar-refractivity contribution in [2.75, 3.05) is 10.6 Å². The van der Waals surface area contributed by atoms with E-state index in [2.05, 4.69) is 41.5 Å². The summed E-state index contributed by atoms with van der Waals surface area (Å²) < 4.78 is 1.62. The summed E-state index contributed by atoms with van der Waals surface area (Å²) in [6.45, 7) is 6.17. The Kier molecular flexibility index (Phi) is 4.85. The fraction of sp³-hybridized carbons (Fsp3) is 0.250. The number of rotatable bonds is 3. The van der Waals surface area contributed by atoms with Crippen LogP contribution in [0.25, 0.3) is 11.1 Å². The summed E-state index contributed by atoms with van der Waals surface area (Å²) in [6, 6.07) is 10.2. The molecule has 0 aliphatic heterocycles. The molecule has 27 heavy (non-hydrogen) atoms. The molecule has 2 heterocycles. The molecule has 3 aromatic rings. The first-order valence-electron chi connectivity index (χ1n) is 8.60. The Morgan fingerprint density at radius 2 is 1.74 bits per heavy atom. The van der Waals surface area contributed by atoms with E-state index in [1.807, 2.05) is 24.3 Å². The molecule has 7 heteroatoms. The van der Waals surface area contributed by atoms with Crippen LogP contribution in [0.15, 0.2) is 48.8 Å². The van der Waals surface area contributed by atoms with Crippen LogP contribution in [0.4, 0.5) is 16.3 Å². The van der Waals surface area contributed by atoms with Gasteiger partial charge in [-0.25, -0.2) is 4.79 Å². The first kappa shape index (κ1) is 18.4. The Morgan fingerprint density at radius 1 is 1.04 bits per heavy atom. The monoisotopic (exact) mass is 365 g/mol. The van der Waals surface area contributed by atoms with Crippen LogP contribution in [-0.4, -0.2) is 25.9 Å². The number of hydrogen-bond acceptors (Lipinski definition) is 4. The van der Waals surface area contributed by atoms with Crippen LogP contribution < -0.4 is 10.6 Å². The predicted molar refractivity (Wildman–Crippen MR) is 106 cm³/mol. The molecular weight excluding hydrogens is 342 g/mol. The summed E-state index contributed by atoms with van der Waals surface area (Å²) >= 11 is 0. The van der Waals surface area contributed by atoms with E-state index in [4.69, 9.17) is 0 Å². The average Bonchev–Trinajstić information content (AvgIpc) is 2.98. The first-order valence-corrected chi connectivity index (χ1v) is 8.60. The number of nitrogens with zero attached hydrogens (tertiary/aromatic N) is 3. The Labute approximate surface area is 158 Å². The molecule has 2 aromatic heterocycles. The van der Waals surface area contributed by atoms with Gasteiger partial charge in [-0.3, -0.25) is 15.0 Å². The maximum absolute atomic E-state index is 12.3. The maximum atomic E-state index is 12.3. The number of pyridine rings is 1. The fourth-order valence-electron chi connectivity index (χ4n) is 2.58. The van der Waals surface area contributed by atoms with Crippen LogP contribution in [0.2, 0.25) is 0 Å². The Bertz CT molecular complexity index is 958. The number of aromatic nitrogens is 3. The molecule has 0 saturated carbocycles. The number of anilines is 2. The highest BCUT2D eigenvalue weighted by molar-refractivity contribution is 6.00. The normalized spacial score (nSPS) is 11.3. The summed E-state index contributed by atoms with van der Waals surface area (Å²) in [4.78, 5) is 16.3. The quantitative estimate of drug-likeness (QED) is 0.609. The highest BCUT2D eigenvalue weighted by atomic mass is 16.3. The van der Waals surface area contributed by atoms with Crippen molar-refractivity contribution in [2.45, 2.75) is 26.2 Å². The number of carbonyl (C=O) groups excluding carboxylic acids is 1. The van der Waals surface area contributed by atoms with Crippen molar-refractivity contribution < 1.29 is 9.90 Å². The molecule has 0 atom stereocenters. The molecule has 0 spiro atoms. The summed E-state index contributed by atoms with van der Waals surface area (Å²) in [5, 5.41) is 20.1. The van der Waals surface area contributed by atoms with Crippen molar-refractivity contribution in [3.8, 4) is 16.9 Å². The van der Waals surface area contributed by atoms with Crippen LogP contribution in [0.3, 0.4) is 0 Å². The molecule has 0 radical (unpaired) electrons. The van der Waals surface area contributed by atoms with Gasteiger partial charge < -0.3 is 10.4 Å². The average molecular weight is 365 g/mol. The molecule has 0 saturated heterocycles. The number of benzene rings is 1. The van der Waals surface area contributed by atoms with E-state index in [0.717, 1.165) is 16.8 Å². The Balaban J connectivity index is 1.72. The van der Waals surface area contributed by atoms with Crippen molar-refractivity contribution in [2.24, 2.45) is 7.05 Å². The number of phenolic OH excluding ortho intramolecular Hbond substituents is 1. The smallest absolute Gasteiger partial charge is 0.324 e. The van der Waals surface area contributed by atoms with E-state index < -0.39 is 6.03 Å². The lowest BCUT2D eigenvalue weighted by molar-refractivity contribution is 0.262. The highest BCUT2D eigenvalue weighted by Crippen LogP contribution is 2.30. The molecule has 7 nitrogen and oxygen atoms in total. The minimum Gasteiger partial charge on any atom is -0.506 e. The standard InChI is InChI=1S/C20H23N5O2/c1-20(2,3)17-12-18(25(4)24-17)23-19(27)22-15-6-5-14(11-16(15)26)13-7-9-21-10-8-13/h5-12,26H,1-4H3,(H2,22,23,27). The number of phenols is 1. The van der Waals surface area contributed by atoms with Gasteiger partial charge >= 0.3 is 6.03 Å². The van der Waals surface area contributed by atoms with Crippen LogP contribution in [0.1, 0.15) is 26.5 Å². The van der Waals surface area contributed by atoms with Gasteiger partial charge in [0.25, 0.3) is 0 Å². The number of aryl methyl sites for hydroxylation is 1. The zero-order valence-electron chi connectivity index (χ0n) is 15.8. The van der Waals surface area contributed by atoms with Gasteiger partial charge in [-0.15, -0.1) is 0 Å². The van der Waals surface area contributed by atoms with Crippen molar-refractivity contribution in [1.29, 1.82) is 0 Å². The molecule has 1 aromatic carbocycles. The molecule has 3 rings (SSSR count). The molecule has 0 aliphatic carbocycles. The van der Waals surface area contributed by atoms with Crippen LogP contribution in [0.5, 0.6) is 5.75 Å². The summed E-state index contributed by atoms with van der Waals surface area (Å²) in [5.41, 5.74) is 2.85. The van der Waals surface area contributed by atoms with Gasteiger partial charge in [0, 0.05) is 30.9 Å². The molecular formula is C20H23N5O2. The van der Waals surface area contributed by atoms with Crippen LogP contribution in [-0.2, 0) is 12.5 Å². The predicted octanol–water partition coefficient (Wildman–Crippen LogP) is 4.13. The molecule has 0 fully saturated rings. The molecule has 0 unspecified atom stereocenters. The van der Waals surface area contributed by atoms with Crippen molar-refractivity contribution in [3.63, 3.8) is 0 Å². The topological polar surface area (TPSA) is 92.1 Å². The molecule has 3 N–H and O–H groups in total. The van der Waals surface area contributed by atoms with Gasteiger partial charge in [-0.2, -0.15) is 5.10 Å². The van der Waals surface area contributed by atoms with E-state index >= 15 is 0 Å². The minimum absolute atomic E-state index is 0.0140. The number of urea groups is 1. The van der Waals surface area contributed by atoms with E-state index in [-0.39, 0.29) is 11.2 Å². The number of nitrogens with one attached hydrogen (secondary N) is 2. The summed E-state index contributed by atoms with van der Waals surface area (Å²) in [6.07, 6.45) is 3.37. The first-order chi connectivity index (χ1) is 12.7. The number of carbonyl (C=O) groups is 1. The second kappa shape index (κ2) is 7.11. The largest absolute Gasteiger partial charge is 0.506 e. The summed E-state index contributed by atoms with van der Waals surface area (Å²) in [7, 11) is 1.77. The fourth-order valence-corrected chi connectivity index (χ4v) is 2.58. The Morgan fingerprint density at radius 3 is 2.33 bits per heavy atom. The minimum atomic E-state index is -0.453. The van der Waals surface area contributed by atoms with Crippen molar-refractivity contribution >= 4 is 17.5 Å². The SMILES string of the molecule is Cn1nc(C(C)(C)C)cc1NC(=O)Nc1ccc(-c2ccncc2)cc1O. The third-order valence-corrected chi connectivity index (χ3v) is 4.15. The van der Waals surface area contributed by atoms with E-state index in [1.165, 1.54) is 0 Å². The zero-order chi connectivity index (χ0) is 19.6. The van der Waals surface area contributed by atoms with E-state index in [1.54, 1.807) is 36.3 Å². The van der Waals surface area contributed by atoms with Gasteiger partial charge in [0.15, 0.2) is 0 Å². The lowest BCUT2D eigenvalue weighted by Crippen LogP contribution is -2.21. The van der Waals surface area contributed by atoms with E-state index in [9.17, 15) is 9.90 Å². The third-order valence-electron chi connectivity index (χ3n) is 4.15. The van der Waals surface area contributed by atoms with Gasteiger partial charge in [0.05, 0.1) is 11.4 Å². The number of amides is 2. The molecule has 140 valence electrons. The number of aromatic hydroxyl groups is 1. The van der Waals surface area contributed by atoms with Gasteiger partial charge in [0.1, 0.15) is 11.6 Å². The number of hydrogen-bond donors (Lipinski definition) is 3. The van der Waals surface area contributed by atoms with Gasteiger partial charge in [-0.05, 0) is 35.4 Å². The van der Waals surface area contributed by atoms with Crippen molar-refractivity contribution in [1.82, 2.24) is 14.8 Å². The second-order valence-corrected chi connectivity index (χ2v) is 7.34. The Hall–Kier alpha value is -3.35. The van der Waals surface area contributed by atoms with Gasteiger partial charge in [0.2, 0.25) is 0 Å². The van der Waals surface area contributed by atoms with Crippen LogP contribution >= 0.6 is 0 Å². The third kappa shape index (κ3) is 4.25. The maximum Gasteiger partial charge on any atom is 0.324 e. The lowest BCUT2D eigenvalue weighted by atomic mass is 9.92. The second-order valence-electron chi connectivity index (χ2n) is 7.34. The zero-order valence-corrected chi connectivity index (χ0v) is 15.8. The highest BCUT2D eigenvalue weighted by Gasteiger charge is 2.20. The van der Waals surface area contributed by atoms with E-state index in [0.29, 0.717) is 11.5 Å². The van der Waals surface area contributed by atoms with Crippen LogP contribution in [0, 0.1) is 0 Å². The molecule has 0 bridgehead atoms. The van der Waals surface area contributed by atoms with Crippen molar-refractivity contribution in [3.05, 3.63) is 54.5 Å². The molecule has 2 amide bonds. The van der Waals surface area contributed by atoms with Gasteiger partial charge in [-0.1, -0.05) is 26.8 Å².